The quantitative estimate of drug-likeness (QED) is 0.730. The zero-order valence-electron chi connectivity index (χ0n) is 12.3. The molecule has 0 saturated heterocycles. The van der Waals surface area contributed by atoms with Crippen LogP contribution in [-0.2, 0) is 26.2 Å². The Morgan fingerprint density at radius 3 is 2.95 bits per heavy atom. The highest BCUT2D eigenvalue weighted by molar-refractivity contribution is 5.01. The van der Waals surface area contributed by atoms with Crippen molar-refractivity contribution in [2.45, 2.75) is 32.6 Å². The van der Waals surface area contributed by atoms with Crippen LogP contribution in [0.4, 0.5) is 0 Å². The largest absolute Gasteiger partial charge is 0.468 e. The maximum Gasteiger partial charge on any atom is 0.154 e. The number of aromatic nitrogens is 5. The minimum absolute atomic E-state index is 0.665. The predicted molar refractivity (Wildman–Crippen MR) is 78.8 cm³/mol. The maximum absolute atomic E-state index is 5.44. The van der Waals surface area contributed by atoms with E-state index >= 15 is 0 Å². The lowest BCUT2D eigenvalue weighted by atomic mass is 10.3. The lowest BCUT2D eigenvalue weighted by molar-refractivity contribution is 0.236. The van der Waals surface area contributed by atoms with Crippen LogP contribution in [0.3, 0.4) is 0 Å². The van der Waals surface area contributed by atoms with E-state index in [1.54, 1.807) is 12.5 Å². The van der Waals surface area contributed by atoms with E-state index in [1.807, 2.05) is 29.1 Å². The number of furan rings is 1. The molecule has 3 aromatic heterocycles. The molecule has 1 aliphatic heterocycles. The average molecular weight is 298 g/mol. The first-order valence-corrected chi connectivity index (χ1v) is 7.51. The van der Waals surface area contributed by atoms with Crippen molar-refractivity contribution >= 4 is 0 Å². The minimum Gasteiger partial charge on any atom is -0.468 e. The van der Waals surface area contributed by atoms with Gasteiger partial charge in [0.25, 0.3) is 0 Å². The van der Waals surface area contributed by atoms with Gasteiger partial charge in [-0.3, -0.25) is 9.58 Å². The van der Waals surface area contributed by atoms with Crippen LogP contribution in [0.25, 0.3) is 0 Å². The number of hydrogen-bond acceptors (Lipinski definition) is 5. The van der Waals surface area contributed by atoms with Crippen molar-refractivity contribution in [3.8, 4) is 0 Å². The zero-order valence-corrected chi connectivity index (χ0v) is 12.3. The number of nitrogens with zero attached hydrogens (tertiary/aromatic N) is 6. The van der Waals surface area contributed by atoms with Crippen molar-refractivity contribution in [3.05, 3.63) is 54.3 Å². The number of hydrogen-bond donors (Lipinski definition) is 0. The van der Waals surface area contributed by atoms with Crippen LogP contribution in [-0.4, -0.2) is 36.0 Å². The average Bonchev–Trinajstić information content (AvgIpc) is 3.23. The van der Waals surface area contributed by atoms with Crippen LogP contribution in [0.15, 0.2) is 41.3 Å². The Morgan fingerprint density at radius 2 is 2.14 bits per heavy atom. The van der Waals surface area contributed by atoms with Crippen LogP contribution >= 0.6 is 0 Å². The van der Waals surface area contributed by atoms with Crippen molar-refractivity contribution < 1.29 is 4.42 Å². The fourth-order valence-electron chi connectivity index (χ4n) is 2.89. The van der Waals surface area contributed by atoms with Gasteiger partial charge in [-0.1, -0.05) is 0 Å². The topological polar surface area (TPSA) is 64.9 Å². The molecule has 0 atom stereocenters. The van der Waals surface area contributed by atoms with Crippen LogP contribution in [0.1, 0.15) is 23.8 Å². The Hall–Kier alpha value is -2.41. The molecule has 0 aliphatic carbocycles. The lowest BCUT2D eigenvalue weighted by Gasteiger charge is -2.16. The van der Waals surface area contributed by atoms with Crippen molar-refractivity contribution in [1.82, 2.24) is 29.4 Å². The molecule has 0 unspecified atom stereocenters. The highest BCUT2D eigenvalue weighted by Gasteiger charge is 2.20. The van der Waals surface area contributed by atoms with Crippen LogP contribution < -0.4 is 0 Å². The fraction of sp³-hybridized carbons (Fsp3) is 0.400. The molecular weight excluding hydrogens is 280 g/mol. The summed E-state index contributed by atoms with van der Waals surface area (Å²) in [5.74, 6) is 2.98. The molecule has 0 saturated carbocycles. The molecular formula is C15H18N6O. The molecule has 4 rings (SSSR count). The van der Waals surface area contributed by atoms with Gasteiger partial charge >= 0.3 is 0 Å². The first-order valence-electron chi connectivity index (χ1n) is 7.51. The number of fused-ring (bicyclic) bond motifs is 1. The van der Waals surface area contributed by atoms with E-state index in [1.165, 1.54) is 0 Å². The lowest BCUT2D eigenvalue weighted by Crippen LogP contribution is -2.22. The summed E-state index contributed by atoms with van der Waals surface area (Å²) in [4.78, 5) is 2.35. The van der Waals surface area contributed by atoms with Crippen molar-refractivity contribution in [2.75, 3.05) is 6.54 Å². The zero-order chi connectivity index (χ0) is 14.8. The minimum atomic E-state index is 0.665. The summed E-state index contributed by atoms with van der Waals surface area (Å²) in [5, 5.41) is 13.0. The molecule has 1 aliphatic rings. The summed E-state index contributed by atoms with van der Waals surface area (Å²) in [6.45, 7) is 4.26. The molecule has 0 fully saturated rings. The van der Waals surface area contributed by atoms with Gasteiger partial charge in [0.2, 0.25) is 0 Å². The maximum atomic E-state index is 5.44. The summed E-state index contributed by atoms with van der Waals surface area (Å²) in [7, 11) is 0. The molecule has 0 N–H and O–H groups in total. The summed E-state index contributed by atoms with van der Waals surface area (Å²) in [5.41, 5.74) is 0. The Bertz CT molecular complexity index is 715. The highest BCUT2D eigenvalue weighted by atomic mass is 16.3. The van der Waals surface area contributed by atoms with E-state index in [-0.39, 0.29) is 0 Å². The molecule has 114 valence electrons. The molecule has 3 aromatic rings. The second kappa shape index (κ2) is 5.76. The van der Waals surface area contributed by atoms with E-state index < -0.39 is 0 Å². The predicted octanol–water partition coefficient (Wildman–Crippen LogP) is 1.52. The van der Waals surface area contributed by atoms with Crippen molar-refractivity contribution in [1.29, 1.82) is 0 Å². The molecule has 7 nitrogen and oxygen atoms in total. The van der Waals surface area contributed by atoms with Gasteiger partial charge in [-0.25, -0.2) is 0 Å². The Balaban J connectivity index is 1.51. The van der Waals surface area contributed by atoms with Crippen LogP contribution in [0, 0.1) is 0 Å². The Morgan fingerprint density at radius 1 is 1.14 bits per heavy atom. The second-order valence-electron chi connectivity index (χ2n) is 5.53. The van der Waals surface area contributed by atoms with Crippen LogP contribution in [0.2, 0.25) is 0 Å². The van der Waals surface area contributed by atoms with Crippen molar-refractivity contribution in [3.63, 3.8) is 0 Å². The van der Waals surface area contributed by atoms with E-state index in [4.69, 9.17) is 4.42 Å². The third-order valence-corrected chi connectivity index (χ3v) is 3.95. The first-order chi connectivity index (χ1) is 10.9. The molecule has 0 bridgehead atoms. The monoisotopic (exact) mass is 298 g/mol. The van der Waals surface area contributed by atoms with E-state index in [2.05, 4.69) is 24.8 Å². The molecule has 7 heteroatoms. The summed E-state index contributed by atoms with van der Waals surface area (Å²) >= 11 is 0. The Kier molecular flexibility index (Phi) is 3.48. The van der Waals surface area contributed by atoms with Gasteiger partial charge in [-0.15, -0.1) is 10.2 Å². The number of rotatable bonds is 4. The third-order valence-electron chi connectivity index (χ3n) is 3.95. The fourth-order valence-corrected chi connectivity index (χ4v) is 2.89. The normalized spacial score (nSPS) is 15.6. The van der Waals surface area contributed by atoms with Gasteiger partial charge < -0.3 is 8.98 Å². The van der Waals surface area contributed by atoms with E-state index in [0.717, 1.165) is 50.0 Å². The van der Waals surface area contributed by atoms with Gasteiger partial charge in [0, 0.05) is 25.5 Å². The first kappa shape index (κ1) is 13.3. The summed E-state index contributed by atoms with van der Waals surface area (Å²) in [6, 6.07) is 5.86. The molecule has 22 heavy (non-hydrogen) atoms. The third kappa shape index (κ3) is 2.67. The summed E-state index contributed by atoms with van der Waals surface area (Å²) < 4.78 is 9.55. The van der Waals surface area contributed by atoms with Gasteiger partial charge in [0.15, 0.2) is 5.82 Å². The van der Waals surface area contributed by atoms with Gasteiger partial charge in [-0.05, 0) is 24.6 Å². The van der Waals surface area contributed by atoms with Crippen molar-refractivity contribution in [2.24, 2.45) is 0 Å². The van der Waals surface area contributed by atoms with E-state index in [0.29, 0.717) is 6.54 Å². The highest BCUT2D eigenvalue weighted by Crippen LogP contribution is 2.16. The Labute approximate surface area is 128 Å². The van der Waals surface area contributed by atoms with Gasteiger partial charge in [-0.2, -0.15) is 5.10 Å². The summed E-state index contributed by atoms with van der Waals surface area (Å²) in [6.07, 6.45) is 6.53. The molecule has 0 aromatic carbocycles. The molecule has 0 spiro atoms. The van der Waals surface area contributed by atoms with Gasteiger partial charge in [0.05, 0.1) is 19.4 Å². The molecule has 4 heterocycles. The molecule has 0 radical (unpaired) electrons. The van der Waals surface area contributed by atoms with Crippen LogP contribution in [0.5, 0.6) is 0 Å². The molecule has 0 amide bonds. The standard InChI is InChI=1S/C15H18N6O/c1-4-13(22-9-1)10-19-6-3-8-21-14(11-19)17-18-15(21)12-20-7-2-5-16-20/h1-2,4-5,7,9H,3,6,8,10-12H2. The SMILES string of the molecule is c1coc(CN2CCCn3c(nnc3Cn3cccn3)C2)c1. The van der Waals surface area contributed by atoms with E-state index in [9.17, 15) is 0 Å². The second-order valence-corrected chi connectivity index (χ2v) is 5.53. The van der Waals surface area contributed by atoms with Gasteiger partial charge in [0.1, 0.15) is 18.1 Å². The smallest absolute Gasteiger partial charge is 0.154 e.